The van der Waals surface area contributed by atoms with Crippen molar-refractivity contribution in [3.63, 3.8) is 0 Å². The monoisotopic (exact) mass is 221 g/mol. The maximum absolute atomic E-state index is 10.8. The highest BCUT2D eigenvalue weighted by Crippen LogP contribution is 2.18. The van der Waals surface area contributed by atoms with Crippen molar-refractivity contribution < 1.29 is 9.90 Å². The molecule has 0 heterocycles. The van der Waals surface area contributed by atoms with Crippen molar-refractivity contribution in [1.29, 1.82) is 0 Å². The number of hydrogen-bond donors (Lipinski definition) is 1. The van der Waals surface area contributed by atoms with E-state index in [1.54, 1.807) is 13.8 Å². The second-order valence-corrected chi connectivity index (χ2v) is 4.42. The lowest BCUT2D eigenvalue weighted by molar-refractivity contribution is -0.146. The van der Waals surface area contributed by atoms with Crippen molar-refractivity contribution in [2.75, 3.05) is 6.54 Å². The summed E-state index contributed by atoms with van der Waals surface area (Å²) in [5.74, 6) is -0.886. The van der Waals surface area contributed by atoms with Crippen LogP contribution in [0.3, 0.4) is 0 Å². The molecule has 0 aromatic rings. The molecule has 0 aliphatic carbocycles. The van der Waals surface area contributed by atoms with Crippen molar-refractivity contribution in [2.24, 2.45) is 0 Å². The number of carboxylic acid groups (broad SMARTS) is 1. The summed E-state index contributed by atoms with van der Waals surface area (Å²) in [6, 6.07) is 0. The summed E-state index contributed by atoms with van der Waals surface area (Å²) in [5, 5.41) is 8.89. The van der Waals surface area contributed by atoms with E-state index in [2.05, 4.69) is 6.92 Å². The maximum Gasteiger partial charge on any atom is 0.324 e. The highest BCUT2D eigenvalue weighted by atomic mass is 35.5. The van der Waals surface area contributed by atoms with E-state index in [-0.39, 0.29) is 0 Å². The topological polar surface area (TPSA) is 40.5 Å². The van der Waals surface area contributed by atoms with Crippen LogP contribution in [-0.2, 0) is 4.79 Å². The quantitative estimate of drug-likeness (QED) is 0.531. The number of rotatable bonds is 7. The number of halogens is 1. The first-order valence-electron chi connectivity index (χ1n) is 5.09. The molecule has 3 nitrogen and oxygen atoms in total. The van der Waals surface area contributed by atoms with Crippen LogP contribution in [0, 0.1) is 0 Å². The van der Waals surface area contributed by atoms with Gasteiger partial charge in [-0.2, -0.15) is 0 Å². The molecule has 0 fully saturated rings. The lowest BCUT2D eigenvalue weighted by atomic mass is 10.1. The molecule has 14 heavy (non-hydrogen) atoms. The van der Waals surface area contributed by atoms with Gasteiger partial charge in [0.25, 0.3) is 0 Å². The summed E-state index contributed by atoms with van der Waals surface area (Å²) in [5.41, 5.74) is -0.978. The smallest absolute Gasteiger partial charge is 0.324 e. The summed E-state index contributed by atoms with van der Waals surface area (Å²) < 4.78 is 1.38. The fourth-order valence-corrected chi connectivity index (χ4v) is 1.25. The standard InChI is InChI=1S/C10H20ClNO2/c1-4-5-6-7-8-12(11)10(2,3)9(13)14/h4-8H2,1-3H3,(H,13,14). The highest BCUT2D eigenvalue weighted by molar-refractivity contribution is 6.15. The molecule has 0 amide bonds. The van der Waals surface area contributed by atoms with Gasteiger partial charge in [-0.15, -0.1) is 0 Å². The van der Waals surface area contributed by atoms with Crippen molar-refractivity contribution in [3.05, 3.63) is 0 Å². The second-order valence-electron chi connectivity index (χ2n) is 4.01. The first-order valence-corrected chi connectivity index (χ1v) is 5.43. The van der Waals surface area contributed by atoms with E-state index >= 15 is 0 Å². The average molecular weight is 222 g/mol. The molecule has 84 valence electrons. The third-order valence-corrected chi connectivity index (χ3v) is 2.93. The Hall–Kier alpha value is -0.280. The van der Waals surface area contributed by atoms with Gasteiger partial charge in [0.05, 0.1) is 0 Å². The molecule has 1 N–H and O–H groups in total. The summed E-state index contributed by atoms with van der Waals surface area (Å²) in [4.78, 5) is 10.8. The minimum absolute atomic E-state index is 0.626. The Morgan fingerprint density at radius 3 is 2.36 bits per heavy atom. The molecule has 0 aliphatic rings. The van der Waals surface area contributed by atoms with Crippen LogP contribution in [0.2, 0.25) is 0 Å². The van der Waals surface area contributed by atoms with Crippen LogP contribution in [-0.4, -0.2) is 27.6 Å². The molecule has 0 aromatic carbocycles. The van der Waals surface area contributed by atoms with Gasteiger partial charge in [0, 0.05) is 6.54 Å². The van der Waals surface area contributed by atoms with E-state index in [1.165, 1.54) is 17.3 Å². The first-order chi connectivity index (χ1) is 6.42. The Morgan fingerprint density at radius 1 is 1.36 bits per heavy atom. The number of aliphatic carboxylic acids is 1. The normalized spacial score (nSPS) is 12.1. The van der Waals surface area contributed by atoms with E-state index in [4.69, 9.17) is 16.9 Å². The van der Waals surface area contributed by atoms with E-state index < -0.39 is 11.5 Å². The largest absolute Gasteiger partial charge is 0.480 e. The molecular formula is C10H20ClNO2. The summed E-state index contributed by atoms with van der Waals surface area (Å²) in [6.45, 7) is 5.99. The zero-order valence-corrected chi connectivity index (χ0v) is 9.97. The van der Waals surface area contributed by atoms with Gasteiger partial charge in [-0.1, -0.05) is 26.2 Å². The van der Waals surface area contributed by atoms with Crippen LogP contribution in [0.4, 0.5) is 0 Å². The van der Waals surface area contributed by atoms with Gasteiger partial charge in [-0.25, -0.2) is 4.42 Å². The highest BCUT2D eigenvalue weighted by Gasteiger charge is 2.33. The van der Waals surface area contributed by atoms with Crippen LogP contribution in [0.1, 0.15) is 46.5 Å². The molecule has 0 saturated heterocycles. The van der Waals surface area contributed by atoms with Crippen LogP contribution >= 0.6 is 11.8 Å². The Labute approximate surface area is 91.2 Å². The Bertz CT molecular complexity index is 183. The van der Waals surface area contributed by atoms with Gasteiger partial charge >= 0.3 is 5.97 Å². The van der Waals surface area contributed by atoms with Crippen molar-refractivity contribution in [3.8, 4) is 0 Å². The zero-order chi connectivity index (χ0) is 11.2. The molecule has 0 rings (SSSR count). The summed E-state index contributed by atoms with van der Waals surface area (Å²) in [7, 11) is 0. The summed E-state index contributed by atoms with van der Waals surface area (Å²) >= 11 is 5.90. The number of carbonyl (C=O) groups is 1. The van der Waals surface area contributed by atoms with Gasteiger partial charge in [0.2, 0.25) is 0 Å². The summed E-state index contributed by atoms with van der Waals surface area (Å²) in [6.07, 6.45) is 4.41. The van der Waals surface area contributed by atoms with Crippen LogP contribution in [0.25, 0.3) is 0 Å². The molecule has 0 radical (unpaired) electrons. The number of nitrogens with zero attached hydrogens (tertiary/aromatic N) is 1. The Kier molecular flexibility index (Phi) is 6.12. The first kappa shape index (κ1) is 13.7. The molecular weight excluding hydrogens is 202 g/mol. The van der Waals surface area contributed by atoms with Crippen LogP contribution in [0.15, 0.2) is 0 Å². The number of unbranched alkanes of at least 4 members (excludes halogenated alkanes) is 3. The average Bonchev–Trinajstić information content (AvgIpc) is 2.11. The third-order valence-electron chi connectivity index (χ3n) is 2.34. The number of carboxylic acids is 1. The Morgan fingerprint density at radius 2 is 1.93 bits per heavy atom. The zero-order valence-electron chi connectivity index (χ0n) is 9.22. The molecule has 4 heteroatoms. The second kappa shape index (κ2) is 6.25. The predicted molar refractivity (Wildman–Crippen MR) is 58.4 cm³/mol. The van der Waals surface area contributed by atoms with Gasteiger partial charge in [0.15, 0.2) is 0 Å². The lowest BCUT2D eigenvalue weighted by Crippen LogP contribution is -2.45. The third kappa shape index (κ3) is 4.29. The molecule has 0 aliphatic heterocycles. The van der Waals surface area contributed by atoms with Crippen LogP contribution < -0.4 is 0 Å². The molecule has 0 unspecified atom stereocenters. The maximum atomic E-state index is 10.8. The minimum atomic E-state index is -0.978. The fraction of sp³-hybridized carbons (Fsp3) is 0.900. The molecule has 0 saturated carbocycles. The van der Waals surface area contributed by atoms with E-state index in [9.17, 15) is 4.79 Å². The van der Waals surface area contributed by atoms with Crippen molar-refractivity contribution in [1.82, 2.24) is 4.42 Å². The van der Waals surface area contributed by atoms with Gasteiger partial charge in [0.1, 0.15) is 5.54 Å². The molecule has 0 spiro atoms. The van der Waals surface area contributed by atoms with Crippen LogP contribution in [0.5, 0.6) is 0 Å². The van der Waals surface area contributed by atoms with Gasteiger partial charge in [-0.3, -0.25) is 4.79 Å². The van der Waals surface area contributed by atoms with E-state index in [0.29, 0.717) is 6.54 Å². The van der Waals surface area contributed by atoms with Gasteiger partial charge < -0.3 is 5.11 Å². The Balaban J connectivity index is 3.83. The predicted octanol–water partition coefficient (Wildman–Crippen LogP) is 2.89. The molecule has 0 aromatic heterocycles. The van der Waals surface area contributed by atoms with Crippen molar-refractivity contribution >= 4 is 17.7 Å². The molecule has 0 atom stereocenters. The fourth-order valence-electron chi connectivity index (χ4n) is 1.06. The molecule has 0 bridgehead atoms. The van der Waals surface area contributed by atoms with Gasteiger partial charge in [-0.05, 0) is 32.0 Å². The van der Waals surface area contributed by atoms with E-state index in [0.717, 1.165) is 12.8 Å². The lowest BCUT2D eigenvalue weighted by Gasteiger charge is -2.28. The number of hydrogen-bond acceptors (Lipinski definition) is 2. The van der Waals surface area contributed by atoms with Crippen molar-refractivity contribution in [2.45, 2.75) is 52.0 Å². The SMILES string of the molecule is CCCCCCN(Cl)C(C)(C)C(=O)O. The minimum Gasteiger partial charge on any atom is -0.480 e. The van der Waals surface area contributed by atoms with E-state index in [1.807, 2.05) is 0 Å².